The zero-order valence-corrected chi connectivity index (χ0v) is 9.29. The average molecular weight is 229 g/mol. The number of aryl methyl sites for hydroxylation is 1. The lowest BCUT2D eigenvalue weighted by Gasteiger charge is -1.95. The van der Waals surface area contributed by atoms with E-state index in [4.69, 9.17) is 4.52 Å². The molecule has 1 N–H and O–H groups in total. The van der Waals surface area contributed by atoms with Gasteiger partial charge in [-0.05, 0) is 18.6 Å². The fourth-order valence-electron chi connectivity index (χ4n) is 1.56. The van der Waals surface area contributed by atoms with E-state index in [-0.39, 0.29) is 0 Å². The molecular formula is C11H11N5O. The zero-order chi connectivity index (χ0) is 11.7. The Bertz CT molecular complexity index is 628. The van der Waals surface area contributed by atoms with E-state index in [1.54, 1.807) is 16.8 Å². The van der Waals surface area contributed by atoms with Gasteiger partial charge >= 0.3 is 0 Å². The van der Waals surface area contributed by atoms with Crippen molar-refractivity contribution in [3.05, 3.63) is 41.9 Å². The Morgan fingerprint density at radius 1 is 1.35 bits per heavy atom. The van der Waals surface area contributed by atoms with E-state index in [1.165, 1.54) is 0 Å². The normalized spacial score (nSPS) is 10.9. The summed E-state index contributed by atoms with van der Waals surface area (Å²) < 4.78 is 6.72. The minimum Gasteiger partial charge on any atom is -0.360 e. The van der Waals surface area contributed by atoms with Crippen molar-refractivity contribution >= 4 is 11.6 Å². The van der Waals surface area contributed by atoms with Crippen molar-refractivity contribution in [2.24, 2.45) is 0 Å². The van der Waals surface area contributed by atoms with E-state index < -0.39 is 0 Å². The van der Waals surface area contributed by atoms with E-state index >= 15 is 0 Å². The van der Waals surface area contributed by atoms with Gasteiger partial charge in [-0.1, -0.05) is 11.2 Å². The van der Waals surface area contributed by atoms with Crippen molar-refractivity contribution in [1.29, 1.82) is 0 Å². The summed E-state index contributed by atoms with van der Waals surface area (Å²) in [5.74, 6) is 1.33. The molecule has 0 spiro atoms. The molecule has 3 aromatic rings. The number of hydrogen-bond donors (Lipinski definition) is 1. The monoisotopic (exact) mass is 229 g/mol. The molecule has 0 aliphatic carbocycles. The van der Waals surface area contributed by atoms with Gasteiger partial charge in [-0.25, -0.2) is 4.52 Å². The van der Waals surface area contributed by atoms with Gasteiger partial charge in [0.25, 0.3) is 0 Å². The van der Waals surface area contributed by atoms with Crippen LogP contribution in [0.5, 0.6) is 0 Å². The lowest BCUT2D eigenvalue weighted by atomic mass is 10.3. The quantitative estimate of drug-likeness (QED) is 0.739. The third-order valence-corrected chi connectivity index (χ3v) is 2.39. The smallest absolute Gasteiger partial charge is 0.243 e. The third-order valence-electron chi connectivity index (χ3n) is 2.39. The van der Waals surface area contributed by atoms with Crippen LogP contribution in [-0.2, 0) is 6.54 Å². The van der Waals surface area contributed by atoms with Crippen LogP contribution in [0.15, 0.2) is 35.1 Å². The molecule has 6 nitrogen and oxygen atoms in total. The Labute approximate surface area is 97.3 Å². The van der Waals surface area contributed by atoms with E-state index in [1.807, 2.05) is 25.3 Å². The van der Waals surface area contributed by atoms with Crippen LogP contribution in [0, 0.1) is 6.92 Å². The lowest BCUT2D eigenvalue weighted by Crippen LogP contribution is -2.00. The molecule has 0 aliphatic heterocycles. The highest BCUT2D eigenvalue weighted by Crippen LogP contribution is 2.08. The summed E-state index contributed by atoms with van der Waals surface area (Å²) in [5, 5.41) is 11.0. The number of nitrogens with one attached hydrogen (secondary N) is 1. The first-order valence-corrected chi connectivity index (χ1v) is 5.28. The highest BCUT2D eigenvalue weighted by atomic mass is 16.5. The summed E-state index contributed by atoms with van der Waals surface area (Å²) in [6, 6.07) is 5.74. The fourth-order valence-corrected chi connectivity index (χ4v) is 1.56. The summed E-state index contributed by atoms with van der Waals surface area (Å²) in [7, 11) is 0. The zero-order valence-electron chi connectivity index (χ0n) is 9.29. The Balaban J connectivity index is 1.81. The van der Waals surface area contributed by atoms with Crippen molar-refractivity contribution in [2.75, 3.05) is 5.32 Å². The Morgan fingerprint density at radius 2 is 2.29 bits per heavy atom. The molecule has 3 rings (SSSR count). The summed E-state index contributed by atoms with van der Waals surface area (Å²) in [4.78, 5) is 4.33. The summed E-state index contributed by atoms with van der Waals surface area (Å²) in [5.41, 5.74) is 1.96. The minimum atomic E-state index is 0.524. The van der Waals surface area contributed by atoms with Crippen LogP contribution in [0.4, 0.5) is 5.95 Å². The first-order valence-electron chi connectivity index (χ1n) is 5.28. The van der Waals surface area contributed by atoms with Crippen LogP contribution in [0.1, 0.15) is 11.3 Å². The van der Waals surface area contributed by atoms with Crippen LogP contribution in [0.3, 0.4) is 0 Å². The second-order valence-corrected chi connectivity index (χ2v) is 3.78. The number of hydrogen-bond acceptors (Lipinski definition) is 5. The van der Waals surface area contributed by atoms with Gasteiger partial charge in [0.05, 0.1) is 12.7 Å². The maximum absolute atomic E-state index is 4.97. The van der Waals surface area contributed by atoms with E-state index in [2.05, 4.69) is 20.6 Å². The average Bonchev–Trinajstić information content (AvgIpc) is 2.94. The molecule has 3 heterocycles. The molecule has 0 aliphatic rings. The molecule has 0 radical (unpaired) electrons. The molecular weight excluding hydrogens is 218 g/mol. The predicted molar refractivity (Wildman–Crippen MR) is 61.6 cm³/mol. The van der Waals surface area contributed by atoms with Gasteiger partial charge < -0.3 is 9.84 Å². The number of rotatable bonds is 3. The van der Waals surface area contributed by atoms with Crippen LogP contribution < -0.4 is 5.32 Å². The Hall–Kier alpha value is -2.37. The van der Waals surface area contributed by atoms with E-state index in [9.17, 15) is 0 Å². The van der Waals surface area contributed by atoms with Crippen molar-refractivity contribution < 1.29 is 4.52 Å². The van der Waals surface area contributed by atoms with Crippen molar-refractivity contribution in [1.82, 2.24) is 19.8 Å². The molecule has 0 fully saturated rings. The number of nitrogens with zero attached hydrogens (tertiary/aromatic N) is 4. The first kappa shape index (κ1) is 9.83. The standard InChI is InChI=1S/C11H11N5O/c1-8-2-3-10-14-11(15-16(10)7-8)12-6-9-4-5-13-17-9/h2-5,7H,6H2,1H3,(H,12,15). The van der Waals surface area contributed by atoms with Crippen molar-refractivity contribution in [2.45, 2.75) is 13.5 Å². The molecule has 17 heavy (non-hydrogen) atoms. The molecule has 0 atom stereocenters. The number of fused-ring (bicyclic) bond motifs is 1. The van der Waals surface area contributed by atoms with Crippen LogP contribution in [0.25, 0.3) is 5.65 Å². The van der Waals surface area contributed by atoms with Gasteiger partial charge in [-0.3, -0.25) is 0 Å². The van der Waals surface area contributed by atoms with Gasteiger partial charge in [-0.15, -0.1) is 5.10 Å². The molecule has 3 aromatic heterocycles. The largest absolute Gasteiger partial charge is 0.360 e. The van der Waals surface area contributed by atoms with E-state index in [0.717, 1.165) is 17.0 Å². The predicted octanol–water partition coefficient (Wildman–Crippen LogP) is 1.64. The molecule has 0 unspecified atom stereocenters. The van der Waals surface area contributed by atoms with Gasteiger partial charge in [0.1, 0.15) is 0 Å². The first-order chi connectivity index (χ1) is 8.31. The van der Waals surface area contributed by atoms with Crippen LogP contribution in [0.2, 0.25) is 0 Å². The fraction of sp³-hybridized carbons (Fsp3) is 0.182. The molecule has 0 saturated carbocycles. The highest BCUT2D eigenvalue weighted by Gasteiger charge is 2.04. The van der Waals surface area contributed by atoms with Gasteiger partial charge in [-0.2, -0.15) is 4.98 Å². The number of aromatic nitrogens is 4. The van der Waals surface area contributed by atoms with Gasteiger partial charge in [0.15, 0.2) is 11.4 Å². The van der Waals surface area contributed by atoms with Crippen LogP contribution >= 0.6 is 0 Å². The number of anilines is 1. The minimum absolute atomic E-state index is 0.524. The Kier molecular flexibility index (Phi) is 2.25. The molecule has 0 saturated heterocycles. The molecule has 0 amide bonds. The summed E-state index contributed by atoms with van der Waals surface area (Å²) in [6.07, 6.45) is 3.54. The second-order valence-electron chi connectivity index (χ2n) is 3.78. The van der Waals surface area contributed by atoms with Crippen molar-refractivity contribution in [3.8, 4) is 0 Å². The van der Waals surface area contributed by atoms with Crippen molar-refractivity contribution in [3.63, 3.8) is 0 Å². The van der Waals surface area contributed by atoms with E-state index in [0.29, 0.717) is 12.5 Å². The topological polar surface area (TPSA) is 68.2 Å². The maximum Gasteiger partial charge on any atom is 0.243 e. The SMILES string of the molecule is Cc1ccc2nc(NCc3ccno3)nn2c1. The highest BCUT2D eigenvalue weighted by molar-refractivity contribution is 5.44. The maximum atomic E-state index is 4.97. The summed E-state index contributed by atoms with van der Waals surface area (Å²) in [6.45, 7) is 2.54. The third kappa shape index (κ3) is 1.96. The number of pyridine rings is 1. The molecule has 6 heteroatoms. The van der Waals surface area contributed by atoms with Gasteiger partial charge in [0.2, 0.25) is 5.95 Å². The van der Waals surface area contributed by atoms with Gasteiger partial charge in [0, 0.05) is 12.3 Å². The lowest BCUT2D eigenvalue weighted by molar-refractivity contribution is 0.388. The Morgan fingerprint density at radius 3 is 3.12 bits per heavy atom. The summed E-state index contributed by atoms with van der Waals surface area (Å²) >= 11 is 0. The molecule has 86 valence electrons. The molecule has 0 bridgehead atoms. The second kappa shape index (κ2) is 3.89. The molecule has 0 aromatic carbocycles. The van der Waals surface area contributed by atoms with Crippen LogP contribution in [-0.4, -0.2) is 19.8 Å².